The van der Waals surface area contributed by atoms with Crippen molar-refractivity contribution in [3.05, 3.63) is 33.3 Å². The van der Waals surface area contributed by atoms with Crippen LogP contribution in [0, 0.1) is 0 Å². The lowest BCUT2D eigenvalue weighted by Gasteiger charge is -1.90. The van der Waals surface area contributed by atoms with Crippen LogP contribution in [-0.4, -0.2) is 9.97 Å². The molecule has 0 spiro atoms. The van der Waals surface area contributed by atoms with E-state index in [1.54, 1.807) is 12.4 Å². The minimum Gasteiger partial charge on any atom is -0.360 e. The van der Waals surface area contributed by atoms with Crippen LogP contribution < -0.4 is 5.56 Å². The minimum absolute atomic E-state index is 0.0999. The summed E-state index contributed by atoms with van der Waals surface area (Å²) in [5.41, 5.74) is 0.827. The minimum atomic E-state index is -0.0999. The van der Waals surface area contributed by atoms with E-state index in [0.717, 1.165) is 10.9 Å². The predicted octanol–water partition coefficient (Wildman–Crippen LogP) is 1.62. The van der Waals surface area contributed by atoms with E-state index in [4.69, 9.17) is 0 Å². The quantitative estimate of drug-likeness (QED) is 0.686. The van der Waals surface area contributed by atoms with Crippen molar-refractivity contribution in [3.63, 3.8) is 0 Å². The maximum Gasteiger partial charge on any atom is 0.262 e. The summed E-state index contributed by atoms with van der Waals surface area (Å²) in [5.74, 6) is 0. The van der Waals surface area contributed by atoms with Crippen molar-refractivity contribution >= 4 is 26.8 Å². The molecule has 0 bridgehead atoms. The Morgan fingerprint density at radius 3 is 3.00 bits per heavy atom. The molecule has 3 nitrogen and oxygen atoms in total. The van der Waals surface area contributed by atoms with E-state index in [2.05, 4.69) is 25.9 Å². The maximum atomic E-state index is 11.0. The Hall–Kier alpha value is -1.03. The Balaban J connectivity index is 3.04. The topological polar surface area (TPSA) is 48.6 Å². The smallest absolute Gasteiger partial charge is 0.262 e. The molecular formula is C7H5BrN2O. The Morgan fingerprint density at radius 2 is 2.18 bits per heavy atom. The zero-order valence-electron chi connectivity index (χ0n) is 5.52. The Labute approximate surface area is 70.6 Å². The second-order valence-corrected chi connectivity index (χ2v) is 3.03. The van der Waals surface area contributed by atoms with Crippen molar-refractivity contribution in [1.29, 1.82) is 0 Å². The molecule has 0 saturated heterocycles. The molecule has 56 valence electrons. The third kappa shape index (κ3) is 0.903. The molecule has 0 aliphatic rings. The molecule has 0 unspecified atom stereocenters. The lowest BCUT2D eigenvalue weighted by atomic mass is 10.3. The van der Waals surface area contributed by atoms with Gasteiger partial charge in [0.15, 0.2) is 0 Å². The van der Waals surface area contributed by atoms with Gasteiger partial charge in [-0.25, -0.2) is 0 Å². The van der Waals surface area contributed by atoms with Gasteiger partial charge in [-0.15, -0.1) is 0 Å². The van der Waals surface area contributed by atoms with Gasteiger partial charge >= 0.3 is 0 Å². The van der Waals surface area contributed by atoms with Crippen LogP contribution in [0.25, 0.3) is 10.9 Å². The van der Waals surface area contributed by atoms with Crippen LogP contribution in [-0.2, 0) is 0 Å². The summed E-state index contributed by atoms with van der Waals surface area (Å²) in [6.07, 6.45) is 3.45. The molecule has 0 saturated carbocycles. The van der Waals surface area contributed by atoms with Gasteiger partial charge in [-0.05, 0) is 22.0 Å². The van der Waals surface area contributed by atoms with Gasteiger partial charge in [0, 0.05) is 17.8 Å². The van der Waals surface area contributed by atoms with E-state index in [1.165, 1.54) is 0 Å². The molecule has 0 atom stereocenters. The molecule has 2 aromatic heterocycles. The molecule has 0 aliphatic heterocycles. The third-order valence-electron chi connectivity index (χ3n) is 1.56. The molecule has 2 aromatic rings. The van der Waals surface area contributed by atoms with Gasteiger partial charge in [-0.1, -0.05) is 0 Å². The van der Waals surface area contributed by atoms with Crippen molar-refractivity contribution in [3.8, 4) is 0 Å². The summed E-state index contributed by atoms with van der Waals surface area (Å²) < 4.78 is 0.580. The van der Waals surface area contributed by atoms with E-state index in [-0.39, 0.29) is 5.56 Å². The highest BCUT2D eigenvalue weighted by Gasteiger charge is 2.01. The first-order valence-electron chi connectivity index (χ1n) is 3.13. The average Bonchev–Trinajstić information content (AvgIpc) is 2.45. The van der Waals surface area contributed by atoms with Gasteiger partial charge in [0.1, 0.15) is 0 Å². The van der Waals surface area contributed by atoms with Crippen LogP contribution in [0.15, 0.2) is 27.7 Å². The number of hydrogen-bond acceptors (Lipinski definition) is 1. The van der Waals surface area contributed by atoms with E-state index in [1.807, 2.05) is 6.07 Å². The number of H-pyrrole nitrogens is 2. The normalized spacial score (nSPS) is 10.6. The summed E-state index contributed by atoms with van der Waals surface area (Å²) in [6, 6.07) is 1.86. The highest BCUT2D eigenvalue weighted by molar-refractivity contribution is 9.10. The Kier molecular flexibility index (Phi) is 1.35. The van der Waals surface area contributed by atoms with Crippen LogP contribution in [0.3, 0.4) is 0 Å². The van der Waals surface area contributed by atoms with Crippen molar-refractivity contribution < 1.29 is 0 Å². The van der Waals surface area contributed by atoms with E-state index in [0.29, 0.717) is 4.47 Å². The molecule has 11 heavy (non-hydrogen) atoms. The molecule has 2 N–H and O–H groups in total. The zero-order chi connectivity index (χ0) is 7.84. The molecule has 0 amide bonds. The molecular weight excluding hydrogens is 208 g/mol. The number of halogens is 1. The monoisotopic (exact) mass is 212 g/mol. The third-order valence-corrected chi connectivity index (χ3v) is 2.35. The summed E-state index contributed by atoms with van der Waals surface area (Å²) >= 11 is 3.20. The molecule has 2 heterocycles. The first-order chi connectivity index (χ1) is 5.29. The fourth-order valence-corrected chi connectivity index (χ4v) is 1.48. The second-order valence-electron chi connectivity index (χ2n) is 2.24. The molecule has 2 rings (SSSR count). The number of nitrogens with one attached hydrogen (secondary N) is 2. The van der Waals surface area contributed by atoms with Gasteiger partial charge in [0.25, 0.3) is 5.56 Å². The van der Waals surface area contributed by atoms with Gasteiger partial charge < -0.3 is 9.97 Å². The SMILES string of the molecule is O=c1[nH]cc2[nH]ccc2c1Br. The molecule has 0 aromatic carbocycles. The number of rotatable bonds is 0. The number of hydrogen-bond donors (Lipinski definition) is 2. The maximum absolute atomic E-state index is 11.0. The number of aromatic amines is 2. The van der Waals surface area contributed by atoms with Crippen LogP contribution in [0.5, 0.6) is 0 Å². The Bertz CT molecular complexity index is 443. The molecule has 0 radical (unpaired) electrons. The lowest BCUT2D eigenvalue weighted by molar-refractivity contribution is 1.24. The van der Waals surface area contributed by atoms with Crippen molar-refractivity contribution in [2.24, 2.45) is 0 Å². The molecule has 0 aliphatic carbocycles. The second kappa shape index (κ2) is 2.23. The average molecular weight is 213 g/mol. The van der Waals surface area contributed by atoms with Crippen molar-refractivity contribution in [2.45, 2.75) is 0 Å². The van der Waals surface area contributed by atoms with Gasteiger partial charge in [0.05, 0.1) is 9.99 Å². The van der Waals surface area contributed by atoms with Crippen molar-refractivity contribution in [2.75, 3.05) is 0 Å². The Morgan fingerprint density at radius 1 is 1.36 bits per heavy atom. The molecule has 4 heteroatoms. The highest BCUT2D eigenvalue weighted by Crippen LogP contribution is 2.17. The summed E-state index contributed by atoms with van der Waals surface area (Å²) in [4.78, 5) is 16.6. The van der Waals surface area contributed by atoms with E-state index in [9.17, 15) is 4.79 Å². The van der Waals surface area contributed by atoms with E-state index < -0.39 is 0 Å². The summed E-state index contributed by atoms with van der Waals surface area (Å²) in [6.45, 7) is 0. The number of pyridine rings is 1. The summed E-state index contributed by atoms with van der Waals surface area (Å²) in [7, 11) is 0. The number of fused-ring (bicyclic) bond motifs is 1. The van der Waals surface area contributed by atoms with Crippen molar-refractivity contribution in [1.82, 2.24) is 9.97 Å². The van der Waals surface area contributed by atoms with Gasteiger partial charge in [0.2, 0.25) is 0 Å². The first kappa shape index (κ1) is 6.67. The molecule has 0 fully saturated rings. The summed E-state index contributed by atoms with van der Waals surface area (Å²) in [5, 5.41) is 0.911. The zero-order valence-corrected chi connectivity index (χ0v) is 7.10. The fraction of sp³-hybridized carbons (Fsp3) is 0. The van der Waals surface area contributed by atoms with E-state index >= 15 is 0 Å². The lowest BCUT2D eigenvalue weighted by Crippen LogP contribution is -2.04. The van der Waals surface area contributed by atoms with Crippen LogP contribution in [0.1, 0.15) is 0 Å². The highest BCUT2D eigenvalue weighted by atomic mass is 79.9. The van der Waals surface area contributed by atoms with Gasteiger partial charge in [-0.2, -0.15) is 0 Å². The first-order valence-corrected chi connectivity index (χ1v) is 3.92. The van der Waals surface area contributed by atoms with Crippen LogP contribution in [0.4, 0.5) is 0 Å². The largest absolute Gasteiger partial charge is 0.360 e. The number of aromatic nitrogens is 2. The fourth-order valence-electron chi connectivity index (χ4n) is 1.02. The standard InChI is InChI=1S/C7H5BrN2O/c8-6-4-1-2-9-5(4)3-10-7(6)11/h1-3,9H,(H,10,11). The predicted molar refractivity (Wildman–Crippen MR) is 46.6 cm³/mol. The van der Waals surface area contributed by atoms with Gasteiger partial charge in [-0.3, -0.25) is 4.79 Å². The van der Waals surface area contributed by atoms with Crippen LogP contribution in [0.2, 0.25) is 0 Å². The van der Waals surface area contributed by atoms with Crippen LogP contribution >= 0.6 is 15.9 Å².